The lowest BCUT2D eigenvalue weighted by molar-refractivity contribution is -0.128. The van der Waals surface area contributed by atoms with Crippen LogP contribution in [0.25, 0.3) is 0 Å². The molecule has 0 aromatic heterocycles. The van der Waals surface area contributed by atoms with Gasteiger partial charge in [-0.2, -0.15) is 0 Å². The molecule has 0 bridgehead atoms. The zero-order valence-electron chi connectivity index (χ0n) is 16.7. The lowest BCUT2D eigenvalue weighted by atomic mass is 9.67. The summed E-state index contributed by atoms with van der Waals surface area (Å²) in [5, 5.41) is 9.05. The number of carbonyl (C=O) groups excluding carboxylic acids is 2. The Morgan fingerprint density at radius 1 is 1.07 bits per heavy atom. The van der Waals surface area contributed by atoms with E-state index in [0.717, 1.165) is 43.6 Å². The first-order valence-corrected chi connectivity index (χ1v) is 10.2. The van der Waals surface area contributed by atoms with Crippen LogP contribution >= 0.6 is 12.4 Å². The van der Waals surface area contributed by atoms with Crippen LogP contribution in [-0.2, 0) is 16.0 Å². The fraction of sp³-hybridized carbons (Fsp3) is 0.391. The highest BCUT2D eigenvalue weighted by Gasteiger charge is 2.49. The van der Waals surface area contributed by atoms with Gasteiger partial charge in [0.05, 0.1) is 17.5 Å². The largest absolute Gasteiger partial charge is 0.326 e. The van der Waals surface area contributed by atoms with E-state index in [0.29, 0.717) is 5.92 Å². The summed E-state index contributed by atoms with van der Waals surface area (Å²) in [6.07, 6.45) is 4.48. The molecule has 1 saturated carbocycles. The van der Waals surface area contributed by atoms with Gasteiger partial charge in [0.25, 0.3) is 0 Å². The van der Waals surface area contributed by atoms with Crippen LogP contribution in [0.1, 0.15) is 31.2 Å². The van der Waals surface area contributed by atoms with Gasteiger partial charge in [-0.3, -0.25) is 9.59 Å². The van der Waals surface area contributed by atoms with Crippen LogP contribution in [0.3, 0.4) is 0 Å². The zero-order chi connectivity index (χ0) is 20.3. The number of halogens is 2. The smallest absolute Gasteiger partial charge is 0.232 e. The van der Waals surface area contributed by atoms with E-state index in [-0.39, 0.29) is 41.7 Å². The van der Waals surface area contributed by atoms with Crippen molar-refractivity contribution in [3.63, 3.8) is 0 Å². The van der Waals surface area contributed by atoms with Crippen molar-refractivity contribution in [2.75, 3.05) is 23.7 Å². The fourth-order valence-electron chi connectivity index (χ4n) is 4.59. The minimum absolute atomic E-state index is 0. The molecule has 3 N–H and O–H groups in total. The third kappa shape index (κ3) is 4.65. The molecular weight excluding hydrogens is 405 g/mol. The fourth-order valence-corrected chi connectivity index (χ4v) is 4.59. The summed E-state index contributed by atoms with van der Waals surface area (Å²) in [6, 6.07) is 13.4. The second-order valence-corrected chi connectivity index (χ2v) is 8.09. The van der Waals surface area contributed by atoms with Crippen molar-refractivity contribution in [3.8, 4) is 0 Å². The highest BCUT2D eigenvalue weighted by atomic mass is 35.5. The average Bonchev–Trinajstić information content (AvgIpc) is 3.17. The molecule has 1 heterocycles. The van der Waals surface area contributed by atoms with Crippen molar-refractivity contribution in [3.05, 3.63) is 59.9 Å². The number of fused-ring (bicyclic) bond motifs is 1. The van der Waals surface area contributed by atoms with E-state index in [1.165, 1.54) is 18.6 Å². The lowest BCUT2D eigenvalue weighted by Crippen LogP contribution is -2.44. The SMILES string of the molecule is Cl.O=C(Cc1ccc(NC(=O)[C@@]23CCCC[C@H]2CNC3)cc1)Nc1ccccc1F. The van der Waals surface area contributed by atoms with Crippen LogP contribution in [0.4, 0.5) is 15.8 Å². The van der Waals surface area contributed by atoms with E-state index in [2.05, 4.69) is 16.0 Å². The molecule has 7 heteroatoms. The number of nitrogens with one attached hydrogen (secondary N) is 3. The Hall–Kier alpha value is -2.44. The second kappa shape index (κ2) is 9.58. The van der Waals surface area contributed by atoms with Crippen LogP contribution in [0.2, 0.25) is 0 Å². The first-order chi connectivity index (χ1) is 14.1. The van der Waals surface area contributed by atoms with Crippen molar-refractivity contribution in [2.45, 2.75) is 32.1 Å². The lowest BCUT2D eigenvalue weighted by Gasteiger charge is -2.37. The molecule has 4 rings (SSSR count). The van der Waals surface area contributed by atoms with Gasteiger partial charge in [-0.25, -0.2) is 4.39 Å². The molecule has 2 amide bonds. The molecule has 5 nitrogen and oxygen atoms in total. The predicted octanol–water partition coefficient (Wildman–Crippen LogP) is 4.15. The van der Waals surface area contributed by atoms with Gasteiger partial charge in [0.15, 0.2) is 0 Å². The number of hydrogen-bond donors (Lipinski definition) is 3. The Kier molecular flexibility index (Phi) is 7.10. The van der Waals surface area contributed by atoms with E-state index in [1.807, 2.05) is 24.3 Å². The molecule has 0 unspecified atom stereocenters. The standard InChI is InChI=1S/C23H26FN3O2.ClH/c24-19-6-1-2-7-20(19)27-21(28)13-16-8-10-18(11-9-16)26-22(29)23-12-4-3-5-17(23)14-25-15-23;/h1-2,6-11,17,25H,3-5,12-15H2,(H,26,29)(H,27,28);1H/t17-,23+;/m0./s1. The normalized spacial score (nSPS) is 22.5. The topological polar surface area (TPSA) is 70.2 Å². The number of hydrogen-bond acceptors (Lipinski definition) is 3. The summed E-state index contributed by atoms with van der Waals surface area (Å²) in [5.74, 6) is -0.233. The molecule has 1 saturated heterocycles. The van der Waals surface area contributed by atoms with Crippen LogP contribution < -0.4 is 16.0 Å². The molecule has 2 atom stereocenters. The van der Waals surface area contributed by atoms with E-state index >= 15 is 0 Å². The van der Waals surface area contributed by atoms with Crippen molar-refractivity contribution < 1.29 is 14.0 Å². The van der Waals surface area contributed by atoms with Crippen LogP contribution in [0.15, 0.2) is 48.5 Å². The van der Waals surface area contributed by atoms with Crippen LogP contribution in [0, 0.1) is 17.2 Å². The van der Waals surface area contributed by atoms with Crippen LogP contribution in [-0.4, -0.2) is 24.9 Å². The number of rotatable bonds is 5. The monoisotopic (exact) mass is 431 g/mol. The molecule has 2 aliphatic rings. The van der Waals surface area contributed by atoms with Gasteiger partial charge in [-0.1, -0.05) is 37.1 Å². The Labute approximate surface area is 182 Å². The molecule has 2 fully saturated rings. The van der Waals surface area contributed by atoms with Gasteiger partial charge in [0.1, 0.15) is 5.82 Å². The highest BCUT2D eigenvalue weighted by molar-refractivity contribution is 5.96. The van der Waals surface area contributed by atoms with Gasteiger partial charge >= 0.3 is 0 Å². The Morgan fingerprint density at radius 3 is 2.60 bits per heavy atom. The molecule has 160 valence electrons. The molecule has 0 spiro atoms. The number of benzene rings is 2. The minimum atomic E-state index is -0.458. The summed E-state index contributed by atoms with van der Waals surface area (Å²) >= 11 is 0. The molecule has 30 heavy (non-hydrogen) atoms. The molecular formula is C23H27ClFN3O2. The number of carbonyl (C=O) groups is 2. The average molecular weight is 432 g/mol. The van der Waals surface area contributed by atoms with E-state index in [1.54, 1.807) is 12.1 Å². The quantitative estimate of drug-likeness (QED) is 0.666. The predicted molar refractivity (Wildman–Crippen MR) is 118 cm³/mol. The maximum atomic E-state index is 13.6. The van der Waals surface area contributed by atoms with E-state index in [9.17, 15) is 14.0 Å². The van der Waals surface area contributed by atoms with Gasteiger partial charge in [0, 0.05) is 12.2 Å². The molecule has 2 aromatic rings. The second-order valence-electron chi connectivity index (χ2n) is 8.09. The van der Waals surface area contributed by atoms with Gasteiger partial charge in [-0.05, 0) is 55.1 Å². The maximum Gasteiger partial charge on any atom is 0.232 e. The van der Waals surface area contributed by atoms with Crippen molar-refractivity contribution in [1.29, 1.82) is 0 Å². The molecule has 2 aromatic carbocycles. The zero-order valence-corrected chi connectivity index (χ0v) is 17.6. The maximum absolute atomic E-state index is 13.6. The highest BCUT2D eigenvalue weighted by Crippen LogP contribution is 2.44. The molecule has 0 radical (unpaired) electrons. The molecule has 1 aliphatic heterocycles. The third-order valence-electron chi connectivity index (χ3n) is 6.21. The van der Waals surface area contributed by atoms with Crippen LogP contribution in [0.5, 0.6) is 0 Å². The first kappa shape index (κ1) is 22.2. The number of para-hydroxylation sites is 1. The molecule has 1 aliphatic carbocycles. The summed E-state index contributed by atoms with van der Waals surface area (Å²) in [6.45, 7) is 1.67. The Morgan fingerprint density at radius 2 is 1.83 bits per heavy atom. The van der Waals surface area contributed by atoms with Crippen molar-refractivity contribution >= 4 is 35.6 Å². The van der Waals surface area contributed by atoms with Gasteiger partial charge < -0.3 is 16.0 Å². The van der Waals surface area contributed by atoms with E-state index < -0.39 is 5.82 Å². The first-order valence-electron chi connectivity index (χ1n) is 10.2. The van der Waals surface area contributed by atoms with E-state index in [4.69, 9.17) is 0 Å². The summed E-state index contributed by atoms with van der Waals surface area (Å²) in [5.41, 5.74) is 1.41. The summed E-state index contributed by atoms with van der Waals surface area (Å²) < 4.78 is 13.6. The van der Waals surface area contributed by atoms with Gasteiger partial charge in [0.2, 0.25) is 11.8 Å². The Balaban J connectivity index is 0.00000256. The van der Waals surface area contributed by atoms with Gasteiger partial charge in [-0.15, -0.1) is 12.4 Å². The summed E-state index contributed by atoms with van der Waals surface area (Å²) in [4.78, 5) is 25.2. The minimum Gasteiger partial charge on any atom is -0.326 e. The third-order valence-corrected chi connectivity index (χ3v) is 6.21. The number of amides is 2. The van der Waals surface area contributed by atoms with Crippen molar-refractivity contribution in [1.82, 2.24) is 5.32 Å². The summed E-state index contributed by atoms with van der Waals surface area (Å²) in [7, 11) is 0. The Bertz CT molecular complexity index is 906. The van der Waals surface area contributed by atoms with Crippen molar-refractivity contribution in [2.24, 2.45) is 11.3 Å². The number of anilines is 2.